The van der Waals surface area contributed by atoms with E-state index in [2.05, 4.69) is 6.58 Å². The van der Waals surface area contributed by atoms with Crippen molar-refractivity contribution in [1.29, 1.82) is 0 Å². The highest BCUT2D eigenvalue weighted by molar-refractivity contribution is 5.48. The van der Waals surface area contributed by atoms with Gasteiger partial charge < -0.3 is 9.84 Å². The molecule has 0 aromatic heterocycles. The Hall–Kier alpha value is -1.28. The van der Waals surface area contributed by atoms with Gasteiger partial charge in [0.2, 0.25) is 0 Å². The molecule has 0 heterocycles. The van der Waals surface area contributed by atoms with E-state index in [0.717, 1.165) is 11.3 Å². The molecule has 1 aromatic carbocycles. The highest BCUT2D eigenvalue weighted by Crippen LogP contribution is 2.14. The van der Waals surface area contributed by atoms with Gasteiger partial charge in [-0.05, 0) is 24.6 Å². The Bertz CT molecular complexity index is 264. The van der Waals surface area contributed by atoms with Crippen molar-refractivity contribution < 1.29 is 9.84 Å². The molecule has 0 aliphatic heterocycles. The molecule has 2 heteroatoms. The molecule has 0 radical (unpaired) electrons. The topological polar surface area (TPSA) is 29.5 Å². The maximum absolute atomic E-state index is 8.76. The lowest BCUT2D eigenvalue weighted by atomic mass is 10.2. The molecule has 70 valence electrons. The highest BCUT2D eigenvalue weighted by atomic mass is 16.5. The Balaban J connectivity index is 2.63. The smallest absolute Gasteiger partial charge is 0.119 e. The average molecular weight is 178 g/mol. The highest BCUT2D eigenvalue weighted by Gasteiger charge is 2.00. The maximum atomic E-state index is 8.76. The van der Waals surface area contributed by atoms with Crippen LogP contribution in [-0.4, -0.2) is 17.8 Å². The third-order valence-electron chi connectivity index (χ3n) is 1.71. The molecule has 0 fully saturated rings. The first-order chi connectivity index (χ1) is 6.26. The van der Waals surface area contributed by atoms with Crippen molar-refractivity contribution in [1.82, 2.24) is 0 Å². The first kappa shape index (κ1) is 9.81. The summed E-state index contributed by atoms with van der Waals surface area (Å²) in [5.74, 6) is 0.771. The molecule has 0 saturated carbocycles. The lowest BCUT2D eigenvalue weighted by molar-refractivity contribution is 0.130. The van der Waals surface area contributed by atoms with Crippen molar-refractivity contribution in [3.8, 4) is 5.75 Å². The van der Waals surface area contributed by atoms with Crippen LogP contribution in [0.3, 0.4) is 0 Å². The monoisotopic (exact) mass is 178 g/mol. The van der Waals surface area contributed by atoms with Crippen molar-refractivity contribution in [3.05, 3.63) is 36.4 Å². The second-order valence-electron chi connectivity index (χ2n) is 2.88. The standard InChI is InChI=1S/C11H14O2/c1-3-10-4-6-11(7-5-10)13-9(2)8-12/h3-7,9,12H,1,8H2,2H3. The van der Waals surface area contributed by atoms with Crippen molar-refractivity contribution in [2.24, 2.45) is 0 Å². The first-order valence-corrected chi connectivity index (χ1v) is 4.26. The van der Waals surface area contributed by atoms with Gasteiger partial charge in [0.25, 0.3) is 0 Å². The lowest BCUT2D eigenvalue weighted by Crippen LogP contribution is -2.15. The van der Waals surface area contributed by atoms with Crippen LogP contribution in [0.1, 0.15) is 12.5 Å². The van der Waals surface area contributed by atoms with Gasteiger partial charge in [-0.15, -0.1) is 0 Å². The van der Waals surface area contributed by atoms with Crippen molar-refractivity contribution in [2.75, 3.05) is 6.61 Å². The van der Waals surface area contributed by atoms with Crippen LogP contribution in [0.2, 0.25) is 0 Å². The second-order valence-corrected chi connectivity index (χ2v) is 2.88. The molecule has 1 atom stereocenters. The Labute approximate surface area is 78.5 Å². The fourth-order valence-corrected chi connectivity index (χ4v) is 0.952. The van der Waals surface area contributed by atoms with Crippen molar-refractivity contribution >= 4 is 6.08 Å². The fourth-order valence-electron chi connectivity index (χ4n) is 0.952. The summed E-state index contributed by atoms with van der Waals surface area (Å²) in [4.78, 5) is 0. The van der Waals surface area contributed by atoms with Gasteiger partial charge in [0, 0.05) is 0 Å². The summed E-state index contributed by atoms with van der Waals surface area (Å²) in [5, 5.41) is 8.76. The Morgan fingerprint density at radius 2 is 2.08 bits per heavy atom. The van der Waals surface area contributed by atoms with Crippen molar-refractivity contribution in [2.45, 2.75) is 13.0 Å². The molecule has 0 aliphatic carbocycles. The number of aliphatic hydroxyl groups is 1. The summed E-state index contributed by atoms with van der Waals surface area (Å²) in [6, 6.07) is 7.57. The van der Waals surface area contributed by atoms with Crippen LogP contribution < -0.4 is 4.74 Å². The molecule has 0 saturated heterocycles. The Morgan fingerprint density at radius 3 is 2.54 bits per heavy atom. The SMILES string of the molecule is C=Cc1ccc(OC(C)CO)cc1. The number of benzene rings is 1. The lowest BCUT2D eigenvalue weighted by Gasteiger charge is -2.11. The Morgan fingerprint density at radius 1 is 1.46 bits per heavy atom. The molecule has 1 rings (SSSR count). The summed E-state index contributed by atoms with van der Waals surface area (Å²) in [7, 11) is 0. The third-order valence-corrected chi connectivity index (χ3v) is 1.71. The number of rotatable bonds is 4. The largest absolute Gasteiger partial charge is 0.488 e. The van der Waals surface area contributed by atoms with Gasteiger partial charge >= 0.3 is 0 Å². The number of hydrogen-bond acceptors (Lipinski definition) is 2. The van der Waals surface area contributed by atoms with Crippen LogP contribution in [0.25, 0.3) is 6.08 Å². The van der Waals surface area contributed by atoms with E-state index in [1.54, 1.807) is 6.08 Å². The van der Waals surface area contributed by atoms with E-state index >= 15 is 0 Å². The van der Waals surface area contributed by atoms with Crippen molar-refractivity contribution in [3.63, 3.8) is 0 Å². The molecule has 0 spiro atoms. The van der Waals surface area contributed by atoms with Crippen LogP contribution in [0.15, 0.2) is 30.8 Å². The zero-order valence-electron chi connectivity index (χ0n) is 7.73. The molecule has 13 heavy (non-hydrogen) atoms. The van der Waals surface area contributed by atoms with E-state index in [9.17, 15) is 0 Å². The zero-order chi connectivity index (χ0) is 9.68. The minimum Gasteiger partial charge on any atom is -0.488 e. The molecule has 1 N–H and O–H groups in total. The maximum Gasteiger partial charge on any atom is 0.119 e. The predicted octanol–water partition coefficient (Wildman–Crippen LogP) is 2.09. The van der Waals surface area contributed by atoms with E-state index in [0.29, 0.717) is 0 Å². The number of aliphatic hydroxyl groups excluding tert-OH is 1. The van der Waals surface area contributed by atoms with Crippen LogP contribution in [0, 0.1) is 0 Å². The summed E-state index contributed by atoms with van der Waals surface area (Å²) in [6.45, 7) is 5.51. The van der Waals surface area contributed by atoms with Gasteiger partial charge in [-0.3, -0.25) is 0 Å². The molecular formula is C11H14O2. The summed E-state index contributed by atoms with van der Waals surface area (Å²) in [5.41, 5.74) is 1.06. The molecule has 1 unspecified atom stereocenters. The van der Waals surface area contributed by atoms with Gasteiger partial charge in [0.1, 0.15) is 11.9 Å². The average Bonchev–Trinajstić information content (AvgIpc) is 2.19. The van der Waals surface area contributed by atoms with Crippen LogP contribution >= 0.6 is 0 Å². The summed E-state index contributed by atoms with van der Waals surface area (Å²) >= 11 is 0. The van der Waals surface area contributed by atoms with E-state index < -0.39 is 0 Å². The normalized spacial score (nSPS) is 12.2. The molecule has 2 nitrogen and oxygen atoms in total. The van der Waals surface area contributed by atoms with Gasteiger partial charge in [-0.1, -0.05) is 24.8 Å². The van der Waals surface area contributed by atoms with Gasteiger partial charge in [-0.2, -0.15) is 0 Å². The Kier molecular flexibility index (Phi) is 3.53. The molecule has 1 aromatic rings. The number of ether oxygens (including phenoxy) is 1. The third kappa shape index (κ3) is 2.92. The molecule has 0 amide bonds. The summed E-state index contributed by atoms with van der Waals surface area (Å²) in [6.07, 6.45) is 1.62. The van der Waals surface area contributed by atoms with E-state index in [-0.39, 0.29) is 12.7 Å². The van der Waals surface area contributed by atoms with Crippen LogP contribution in [0.4, 0.5) is 0 Å². The van der Waals surface area contributed by atoms with E-state index in [1.165, 1.54) is 0 Å². The molecule has 0 aliphatic rings. The van der Waals surface area contributed by atoms with E-state index in [1.807, 2.05) is 31.2 Å². The zero-order valence-corrected chi connectivity index (χ0v) is 7.73. The summed E-state index contributed by atoms with van der Waals surface area (Å²) < 4.78 is 5.38. The van der Waals surface area contributed by atoms with Crippen LogP contribution in [0.5, 0.6) is 5.75 Å². The molecule has 0 bridgehead atoms. The molecular weight excluding hydrogens is 164 g/mol. The van der Waals surface area contributed by atoms with Gasteiger partial charge in [-0.25, -0.2) is 0 Å². The number of hydrogen-bond donors (Lipinski definition) is 1. The predicted molar refractivity (Wildman–Crippen MR) is 53.7 cm³/mol. The fraction of sp³-hybridized carbons (Fsp3) is 0.273. The minimum atomic E-state index is -0.158. The van der Waals surface area contributed by atoms with E-state index in [4.69, 9.17) is 9.84 Å². The second kappa shape index (κ2) is 4.67. The van der Waals surface area contributed by atoms with Gasteiger partial charge in [0.15, 0.2) is 0 Å². The quantitative estimate of drug-likeness (QED) is 0.765. The first-order valence-electron chi connectivity index (χ1n) is 4.26. The minimum absolute atomic E-state index is 0.0310. The van der Waals surface area contributed by atoms with Crippen LogP contribution in [-0.2, 0) is 0 Å². The van der Waals surface area contributed by atoms with Gasteiger partial charge in [0.05, 0.1) is 6.61 Å².